The van der Waals surface area contributed by atoms with Gasteiger partial charge in [0, 0.05) is 0 Å². The third kappa shape index (κ3) is 1.97. The summed E-state index contributed by atoms with van der Waals surface area (Å²) in [5.41, 5.74) is -1.89. The molecule has 7 heteroatoms. The van der Waals surface area contributed by atoms with Crippen LogP contribution < -0.4 is 0 Å². The summed E-state index contributed by atoms with van der Waals surface area (Å²) >= 11 is 1.46. The molecule has 0 fully saturated rings. The molecule has 0 unspecified atom stereocenters. The van der Waals surface area contributed by atoms with Crippen LogP contribution in [0.15, 0.2) is 6.20 Å². The standard InChI is InChI=1S/C7H3F3INO2/c8-2-1-12-6(11)4(7(13)14)3(2)5(9)10/h1,5H,(H,13,14). The molecular formula is C7H3F3INO2. The predicted molar refractivity (Wildman–Crippen MR) is 48.8 cm³/mol. The van der Waals surface area contributed by atoms with E-state index >= 15 is 0 Å². The maximum atomic E-state index is 12.8. The van der Waals surface area contributed by atoms with Gasteiger partial charge in [-0.3, -0.25) is 0 Å². The first-order valence-electron chi connectivity index (χ1n) is 3.30. The molecule has 0 aliphatic rings. The van der Waals surface area contributed by atoms with E-state index in [9.17, 15) is 18.0 Å². The molecule has 0 radical (unpaired) electrons. The van der Waals surface area contributed by atoms with Crippen molar-refractivity contribution in [1.82, 2.24) is 4.98 Å². The first-order chi connectivity index (χ1) is 6.45. The molecule has 1 aromatic heterocycles. The highest BCUT2D eigenvalue weighted by Crippen LogP contribution is 2.27. The third-order valence-corrected chi connectivity index (χ3v) is 2.27. The predicted octanol–water partition coefficient (Wildman–Crippen LogP) is 2.46. The molecule has 14 heavy (non-hydrogen) atoms. The van der Waals surface area contributed by atoms with E-state index in [0.717, 1.165) is 0 Å². The Morgan fingerprint density at radius 1 is 1.57 bits per heavy atom. The van der Waals surface area contributed by atoms with Gasteiger partial charge in [-0.1, -0.05) is 0 Å². The van der Waals surface area contributed by atoms with Crippen molar-refractivity contribution in [3.05, 3.63) is 26.8 Å². The van der Waals surface area contributed by atoms with Crippen molar-refractivity contribution in [3.63, 3.8) is 0 Å². The molecule has 76 valence electrons. The van der Waals surface area contributed by atoms with E-state index in [1.807, 2.05) is 0 Å². The topological polar surface area (TPSA) is 50.2 Å². The van der Waals surface area contributed by atoms with Gasteiger partial charge in [-0.05, 0) is 22.6 Å². The highest BCUT2D eigenvalue weighted by Gasteiger charge is 2.25. The quantitative estimate of drug-likeness (QED) is 0.673. The fourth-order valence-electron chi connectivity index (χ4n) is 0.895. The second kappa shape index (κ2) is 4.11. The van der Waals surface area contributed by atoms with Crippen molar-refractivity contribution in [2.24, 2.45) is 0 Å². The van der Waals surface area contributed by atoms with E-state index in [1.54, 1.807) is 0 Å². The van der Waals surface area contributed by atoms with Crippen LogP contribution in [0.4, 0.5) is 13.2 Å². The second-order valence-corrected chi connectivity index (χ2v) is 3.31. The number of rotatable bonds is 2. The molecule has 0 atom stereocenters. The average molecular weight is 317 g/mol. The number of alkyl halides is 2. The number of carboxylic acids is 1. The van der Waals surface area contributed by atoms with Crippen molar-refractivity contribution in [2.45, 2.75) is 6.43 Å². The zero-order valence-electron chi connectivity index (χ0n) is 6.47. The lowest BCUT2D eigenvalue weighted by Gasteiger charge is -2.06. The number of halogens is 4. The van der Waals surface area contributed by atoms with E-state index in [4.69, 9.17) is 5.11 Å². The van der Waals surface area contributed by atoms with Gasteiger partial charge in [-0.15, -0.1) is 0 Å². The number of pyridine rings is 1. The smallest absolute Gasteiger partial charge is 0.338 e. The van der Waals surface area contributed by atoms with Crippen molar-refractivity contribution < 1.29 is 23.1 Å². The summed E-state index contributed by atoms with van der Waals surface area (Å²) in [6.45, 7) is 0. The molecule has 1 aromatic rings. The Morgan fingerprint density at radius 2 is 2.14 bits per heavy atom. The van der Waals surface area contributed by atoms with Gasteiger partial charge in [0.05, 0.1) is 11.8 Å². The van der Waals surface area contributed by atoms with Crippen molar-refractivity contribution in [1.29, 1.82) is 0 Å². The fourth-order valence-corrected chi connectivity index (χ4v) is 1.56. The molecule has 1 heterocycles. The maximum absolute atomic E-state index is 12.8. The monoisotopic (exact) mass is 317 g/mol. The minimum absolute atomic E-state index is 0.160. The molecule has 0 aliphatic carbocycles. The number of hydrogen-bond donors (Lipinski definition) is 1. The van der Waals surface area contributed by atoms with Crippen LogP contribution in [0.1, 0.15) is 22.3 Å². The zero-order chi connectivity index (χ0) is 10.9. The summed E-state index contributed by atoms with van der Waals surface area (Å²) in [6.07, 6.45) is -2.59. The van der Waals surface area contributed by atoms with Crippen molar-refractivity contribution in [2.75, 3.05) is 0 Å². The van der Waals surface area contributed by atoms with Crippen LogP contribution in [0, 0.1) is 9.52 Å². The van der Waals surface area contributed by atoms with E-state index in [-0.39, 0.29) is 3.70 Å². The van der Waals surface area contributed by atoms with Gasteiger partial charge in [0.15, 0.2) is 5.82 Å². The summed E-state index contributed by atoms with van der Waals surface area (Å²) in [4.78, 5) is 13.9. The molecule has 0 spiro atoms. The SMILES string of the molecule is O=C(O)c1c(I)ncc(F)c1C(F)F. The van der Waals surface area contributed by atoms with Crippen LogP contribution >= 0.6 is 22.6 Å². The van der Waals surface area contributed by atoms with Gasteiger partial charge in [0.1, 0.15) is 9.26 Å². The molecule has 0 bridgehead atoms. The normalized spacial score (nSPS) is 10.6. The summed E-state index contributed by atoms with van der Waals surface area (Å²) in [5.74, 6) is -2.92. The van der Waals surface area contributed by atoms with Crippen LogP contribution in [-0.2, 0) is 0 Å². The number of hydrogen-bond acceptors (Lipinski definition) is 2. The average Bonchev–Trinajstić information content (AvgIpc) is 2.07. The summed E-state index contributed by atoms with van der Waals surface area (Å²) in [7, 11) is 0. The van der Waals surface area contributed by atoms with Crippen molar-refractivity contribution >= 4 is 28.6 Å². The Kier molecular flexibility index (Phi) is 3.29. The largest absolute Gasteiger partial charge is 0.478 e. The highest BCUT2D eigenvalue weighted by molar-refractivity contribution is 14.1. The highest BCUT2D eigenvalue weighted by atomic mass is 127. The third-order valence-electron chi connectivity index (χ3n) is 1.46. The van der Waals surface area contributed by atoms with Gasteiger partial charge in [0.2, 0.25) is 0 Å². The maximum Gasteiger partial charge on any atom is 0.338 e. The van der Waals surface area contributed by atoms with Gasteiger partial charge in [-0.25, -0.2) is 22.9 Å². The van der Waals surface area contributed by atoms with E-state index < -0.39 is 29.3 Å². The van der Waals surface area contributed by atoms with Crippen molar-refractivity contribution in [3.8, 4) is 0 Å². The number of aromatic nitrogens is 1. The van der Waals surface area contributed by atoms with Crippen LogP contribution in [-0.4, -0.2) is 16.1 Å². The Balaban J connectivity index is 3.50. The molecule has 0 saturated carbocycles. The summed E-state index contributed by atoms with van der Waals surface area (Å²) in [6, 6.07) is 0. The van der Waals surface area contributed by atoms with Gasteiger partial charge in [0.25, 0.3) is 6.43 Å². The Hall–Kier alpha value is -0.860. The second-order valence-electron chi connectivity index (χ2n) is 2.29. The van der Waals surface area contributed by atoms with Gasteiger partial charge >= 0.3 is 5.97 Å². The number of nitrogens with zero attached hydrogens (tertiary/aromatic N) is 1. The number of aromatic carboxylic acids is 1. The first-order valence-corrected chi connectivity index (χ1v) is 4.38. The lowest BCUT2D eigenvalue weighted by Crippen LogP contribution is -2.10. The van der Waals surface area contributed by atoms with Crippen LogP contribution in [0.25, 0.3) is 0 Å². The Morgan fingerprint density at radius 3 is 2.50 bits per heavy atom. The Labute approximate surface area is 90.1 Å². The molecule has 0 saturated heterocycles. The molecule has 3 nitrogen and oxygen atoms in total. The zero-order valence-corrected chi connectivity index (χ0v) is 8.63. The minimum Gasteiger partial charge on any atom is -0.478 e. The summed E-state index contributed by atoms with van der Waals surface area (Å²) < 4.78 is 37.3. The lowest BCUT2D eigenvalue weighted by molar-refractivity contribution is 0.0680. The molecule has 0 aliphatic heterocycles. The molecule has 0 aromatic carbocycles. The van der Waals surface area contributed by atoms with E-state index in [2.05, 4.69) is 4.98 Å². The van der Waals surface area contributed by atoms with Gasteiger partial charge in [-0.2, -0.15) is 0 Å². The summed E-state index contributed by atoms with van der Waals surface area (Å²) in [5, 5.41) is 8.58. The van der Waals surface area contributed by atoms with E-state index in [1.165, 1.54) is 22.6 Å². The molecular weight excluding hydrogens is 314 g/mol. The number of carboxylic acid groups (broad SMARTS) is 1. The number of carbonyl (C=O) groups is 1. The van der Waals surface area contributed by atoms with Crippen LogP contribution in [0.5, 0.6) is 0 Å². The van der Waals surface area contributed by atoms with Gasteiger partial charge < -0.3 is 5.11 Å². The lowest BCUT2D eigenvalue weighted by atomic mass is 10.1. The first kappa shape index (κ1) is 11.2. The van der Waals surface area contributed by atoms with Crippen LogP contribution in [0.3, 0.4) is 0 Å². The minimum atomic E-state index is -3.17. The molecule has 1 rings (SSSR count). The fraction of sp³-hybridized carbons (Fsp3) is 0.143. The molecule has 1 N–H and O–H groups in total. The molecule has 0 amide bonds. The van der Waals surface area contributed by atoms with E-state index in [0.29, 0.717) is 6.20 Å². The Bertz CT molecular complexity index is 383. The van der Waals surface area contributed by atoms with Crippen LogP contribution in [0.2, 0.25) is 0 Å².